The molecular formula is C19H32NO+. The zero-order chi connectivity index (χ0) is 14.9. The first-order valence-corrected chi connectivity index (χ1v) is 8.86. The molecular weight excluding hydrogens is 258 g/mol. The summed E-state index contributed by atoms with van der Waals surface area (Å²) in [5.74, 6) is 1.68. The van der Waals surface area contributed by atoms with Gasteiger partial charge in [0.1, 0.15) is 5.75 Å². The molecule has 0 saturated carbocycles. The van der Waals surface area contributed by atoms with E-state index in [0.717, 1.165) is 18.8 Å². The Bertz CT molecular complexity index is 396. The van der Waals surface area contributed by atoms with E-state index in [2.05, 4.69) is 38.1 Å². The third-order valence-electron chi connectivity index (χ3n) is 4.81. The fourth-order valence-corrected chi connectivity index (χ4v) is 3.22. The number of benzene rings is 1. The van der Waals surface area contributed by atoms with E-state index < -0.39 is 0 Å². The lowest BCUT2D eigenvalue weighted by Gasteiger charge is -2.18. The van der Waals surface area contributed by atoms with Crippen LogP contribution in [0.25, 0.3) is 0 Å². The van der Waals surface area contributed by atoms with Crippen LogP contribution in [-0.2, 0) is 0 Å². The van der Waals surface area contributed by atoms with E-state index >= 15 is 0 Å². The minimum absolute atomic E-state index is 0.581. The van der Waals surface area contributed by atoms with Gasteiger partial charge in [0.15, 0.2) is 0 Å². The number of quaternary nitrogens is 1. The summed E-state index contributed by atoms with van der Waals surface area (Å²) in [6.45, 7) is 9.38. The number of ether oxygens (including phenoxy) is 1. The maximum Gasteiger partial charge on any atom is 0.122 e. The van der Waals surface area contributed by atoms with Crippen molar-refractivity contribution in [2.45, 2.75) is 58.3 Å². The van der Waals surface area contributed by atoms with Crippen LogP contribution < -0.4 is 9.64 Å². The molecule has 1 heterocycles. The Balaban J connectivity index is 1.75. The van der Waals surface area contributed by atoms with Crippen molar-refractivity contribution in [3.8, 4) is 5.75 Å². The lowest BCUT2D eigenvalue weighted by molar-refractivity contribution is -0.899. The Morgan fingerprint density at radius 1 is 1.10 bits per heavy atom. The van der Waals surface area contributed by atoms with Crippen LogP contribution in [0.15, 0.2) is 24.3 Å². The molecule has 1 N–H and O–H groups in total. The van der Waals surface area contributed by atoms with E-state index in [4.69, 9.17) is 4.74 Å². The van der Waals surface area contributed by atoms with Crippen LogP contribution in [0.2, 0.25) is 0 Å². The molecule has 0 aliphatic carbocycles. The van der Waals surface area contributed by atoms with Gasteiger partial charge < -0.3 is 9.64 Å². The lowest BCUT2D eigenvalue weighted by atomic mass is 9.98. The van der Waals surface area contributed by atoms with Crippen molar-refractivity contribution in [3.63, 3.8) is 0 Å². The van der Waals surface area contributed by atoms with Gasteiger partial charge in [-0.25, -0.2) is 0 Å². The Hall–Kier alpha value is -1.02. The summed E-state index contributed by atoms with van der Waals surface area (Å²) in [6, 6.07) is 8.54. The highest BCUT2D eigenvalue weighted by molar-refractivity contribution is 5.35. The Morgan fingerprint density at radius 3 is 2.52 bits per heavy atom. The number of rotatable bonds is 7. The fraction of sp³-hybridized carbons (Fsp3) is 0.684. The van der Waals surface area contributed by atoms with Crippen molar-refractivity contribution in [1.82, 2.24) is 0 Å². The Kier molecular flexibility index (Phi) is 7.08. The highest BCUT2D eigenvalue weighted by Crippen LogP contribution is 2.28. The lowest BCUT2D eigenvalue weighted by Crippen LogP contribution is -3.11. The Labute approximate surface area is 130 Å². The van der Waals surface area contributed by atoms with E-state index in [1.54, 1.807) is 4.90 Å². The van der Waals surface area contributed by atoms with Crippen LogP contribution in [0.4, 0.5) is 0 Å². The molecule has 0 spiro atoms. The normalized spacial score (nSPS) is 18.2. The van der Waals surface area contributed by atoms with Crippen molar-refractivity contribution in [3.05, 3.63) is 29.8 Å². The van der Waals surface area contributed by atoms with E-state index in [-0.39, 0.29) is 0 Å². The van der Waals surface area contributed by atoms with E-state index in [0.29, 0.717) is 5.92 Å². The molecule has 0 bridgehead atoms. The summed E-state index contributed by atoms with van der Waals surface area (Å²) in [6.07, 6.45) is 8.02. The summed E-state index contributed by atoms with van der Waals surface area (Å²) >= 11 is 0. The number of para-hydroxylation sites is 1. The van der Waals surface area contributed by atoms with E-state index in [1.807, 2.05) is 0 Å². The van der Waals surface area contributed by atoms with Crippen LogP contribution in [0.5, 0.6) is 5.75 Å². The molecule has 0 aromatic heterocycles. The van der Waals surface area contributed by atoms with Gasteiger partial charge in [0.05, 0.1) is 26.2 Å². The number of hydrogen-bond donors (Lipinski definition) is 1. The Morgan fingerprint density at radius 2 is 1.81 bits per heavy atom. The zero-order valence-electron chi connectivity index (χ0n) is 13.9. The molecule has 1 aromatic carbocycles. The van der Waals surface area contributed by atoms with Crippen LogP contribution in [0.3, 0.4) is 0 Å². The molecule has 1 fully saturated rings. The van der Waals surface area contributed by atoms with Gasteiger partial charge in [-0.3, -0.25) is 0 Å². The summed E-state index contributed by atoms with van der Waals surface area (Å²) < 4.78 is 6.07. The molecule has 2 heteroatoms. The molecule has 0 unspecified atom stereocenters. The van der Waals surface area contributed by atoms with Crippen molar-refractivity contribution >= 4 is 0 Å². The second kappa shape index (κ2) is 9.09. The highest BCUT2D eigenvalue weighted by Gasteiger charge is 2.12. The third-order valence-corrected chi connectivity index (χ3v) is 4.81. The SMILES string of the molecule is CC[C@@H](C)c1ccccc1OCCC[NH+]1CCCCCC1. The topological polar surface area (TPSA) is 13.7 Å². The maximum absolute atomic E-state index is 6.07. The van der Waals surface area contributed by atoms with E-state index in [1.165, 1.54) is 57.3 Å². The second-order valence-corrected chi connectivity index (χ2v) is 6.46. The molecule has 1 aliphatic heterocycles. The van der Waals surface area contributed by atoms with Crippen molar-refractivity contribution in [2.24, 2.45) is 0 Å². The molecule has 0 radical (unpaired) electrons. The fourth-order valence-electron chi connectivity index (χ4n) is 3.22. The van der Waals surface area contributed by atoms with Crippen LogP contribution >= 0.6 is 0 Å². The molecule has 1 aromatic rings. The number of hydrogen-bond acceptors (Lipinski definition) is 1. The number of likely N-dealkylation sites (tertiary alicyclic amines) is 1. The quantitative estimate of drug-likeness (QED) is 0.760. The minimum Gasteiger partial charge on any atom is -0.493 e. The van der Waals surface area contributed by atoms with Crippen molar-refractivity contribution in [1.29, 1.82) is 0 Å². The van der Waals surface area contributed by atoms with Gasteiger partial charge in [-0.1, -0.05) is 32.0 Å². The van der Waals surface area contributed by atoms with Gasteiger partial charge >= 0.3 is 0 Å². The van der Waals surface area contributed by atoms with Crippen LogP contribution in [-0.4, -0.2) is 26.2 Å². The largest absolute Gasteiger partial charge is 0.493 e. The first-order chi connectivity index (χ1) is 10.3. The molecule has 21 heavy (non-hydrogen) atoms. The van der Waals surface area contributed by atoms with Crippen molar-refractivity contribution < 1.29 is 9.64 Å². The van der Waals surface area contributed by atoms with Crippen LogP contribution in [0, 0.1) is 0 Å². The average Bonchev–Trinajstić information content (AvgIpc) is 2.80. The first-order valence-electron chi connectivity index (χ1n) is 8.86. The van der Waals surface area contributed by atoms with Crippen molar-refractivity contribution in [2.75, 3.05) is 26.2 Å². The smallest absolute Gasteiger partial charge is 0.122 e. The molecule has 1 aliphatic rings. The standard InChI is InChI=1S/C19H31NO/c1-3-17(2)18-11-6-7-12-19(18)21-16-10-15-20-13-8-4-5-9-14-20/h6-7,11-12,17H,3-5,8-10,13-16H2,1-2H3/p+1/t17-/m1/s1. The zero-order valence-corrected chi connectivity index (χ0v) is 13.9. The highest BCUT2D eigenvalue weighted by atomic mass is 16.5. The monoisotopic (exact) mass is 290 g/mol. The van der Waals surface area contributed by atoms with Gasteiger partial charge in [-0.15, -0.1) is 0 Å². The van der Waals surface area contributed by atoms with Gasteiger partial charge in [0.2, 0.25) is 0 Å². The molecule has 0 amide bonds. The minimum atomic E-state index is 0.581. The first kappa shape index (κ1) is 16.4. The molecule has 1 atom stereocenters. The third kappa shape index (κ3) is 5.35. The van der Waals surface area contributed by atoms with E-state index in [9.17, 15) is 0 Å². The predicted molar refractivity (Wildman–Crippen MR) is 89.3 cm³/mol. The van der Waals surface area contributed by atoms with Gasteiger partial charge in [0.25, 0.3) is 0 Å². The maximum atomic E-state index is 6.07. The summed E-state index contributed by atoms with van der Waals surface area (Å²) in [4.78, 5) is 1.78. The van der Waals surface area contributed by atoms with Gasteiger partial charge in [-0.05, 0) is 49.7 Å². The molecule has 2 rings (SSSR count). The van der Waals surface area contributed by atoms with Gasteiger partial charge in [0, 0.05) is 6.42 Å². The second-order valence-electron chi connectivity index (χ2n) is 6.46. The number of nitrogens with one attached hydrogen (secondary N) is 1. The molecule has 1 saturated heterocycles. The van der Waals surface area contributed by atoms with Crippen LogP contribution in [0.1, 0.15) is 63.9 Å². The summed E-state index contributed by atoms with van der Waals surface area (Å²) in [5, 5.41) is 0. The molecule has 118 valence electrons. The van der Waals surface area contributed by atoms with Gasteiger partial charge in [-0.2, -0.15) is 0 Å². The molecule has 2 nitrogen and oxygen atoms in total. The average molecular weight is 290 g/mol. The summed E-state index contributed by atoms with van der Waals surface area (Å²) in [7, 11) is 0. The predicted octanol–water partition coefficient (Wildman–Crippen LogP) is 3.43. The summed E-state index contributed by atoms with van der Waals surface area (Å²) in [5.41, 5.74) is 1.36.